The van der Waals surface area contributed by atoms with Gasteiger partial charge in [0, 0.05) is 16.9 Å². The number of carbonyl (C=O) groups excluding carboxylic acids is 3. The molecule has 3 aromatic carbocycles. The van der Waals surface area contributed by atoms with Gasteiger partial charge >= 0.3 is 5.97 Å². The van der Waals surface area contributed by atoms with Crippen molar-refractivity contribution in [2.45, 2.75) is 6.92 Å². The lowest BCUT2D eigenvalue weighted by Gasteiger charge is -2.09. The van der Waals surface area contributed by atoms with Crippen LogP contribution in [0.15, 0.2) is 66.7 Å². The van der Waals surface area contributed by atoms with E-state index in [-0.39, 0.29) is 17.2 Å². The number of ether oxygens (including phenoxy) is 2. The summed E-state index contributed by atoms with van der Waals surface area (Å²) in [6.07, 6.45) is 0. The van der Waals surface area contributed by atoms with Crippen molar-refractivity contribution in [3.8, 4) is 11.5 Å². The number of carbonyl (C=O) groups is 3. The Morgan fingerprint density at radius 2 is 1.50 bits per heavy atom. The molecule has 0 radical (unpaired) electrons. The van der Waals surface area contributed by atoms with E-state index < -0.39 is 18.5 Å². The van der Waals surface area contributed by atoms with Crippen molar-refractivity contribution in [2.24, 2.45) is 0 Å². The molecule has 0 fully saturated rings. The Morgan fingerprint density at radius 1 is 0.875 bits per heavy atom. The molecule has 0 saturated heterocycles. The first-order valence-electron chi connectivity index (χ1n) is 9.68. The summed E-state index contributed by atoms with van der Waals surface area (Å²) in [5.74, 6) is -1.15. The lowest BCUT2D eigenvalue weighted by molar-refractivity contribution is -0.119. The maximum absolute atomic E-state index is 12.4. The van der Waals surface area contributed by atoms with Gasteiger partial charge in [-0.15, -0.1) is 0 Å². The average molecular weight is 434 g/mol. The van der Waals surface area contributed by atoms with Crippen molar-refractivity contribution >= 4 is 29.2 Å². The second kappa shape index (κ2) is 10.1. The Kier molecular flexibility index (Phi) is 7.07. The Balaban J connectivity index is 1.52. The number of esters is 1. The van der Waals surface area contributed by atoms with Gasteiger partial charge in [0.1, 0.15) is 17.1 Å². The molecular formula is C24H22N2O6. The normalized spacial score (nSPS) is 10.2. The van der Waals surface area contributed by atoms with E-state index in [0.717, 1.165) is 0 Å². The van der Waals surface area contributed by atoms with Crippen molar-refractivity contribution < 1.29 is 29.0 Å². The number of phenols is 1. The predicted octanol–water partition coefficient (Wildman–Crippen LogP) is 3.76. The van der Waals surface area contributed by atoms with E-state index >= 15 is 0 Å². The zero-order valence-electron chi connectivity index (χ0n) is 17.5. The average Bonchev–Trinajstić information content (AvgIpc) is 2.80. The Hall–Kier alpha value is -4.33. The van der Waals surface area contributed by atoms with Crippen LogP contribution in [0.2, 0.25) is 0 Å². The van der Waals surface area contributed by atoms with Crippen LogP contribution in [0.25, 0.3) is 0 Å². The van der Waals surface area contributed by atoms with Crippen LogP contribution in [-0.2, 0) is 9.53 Å². The molecule has 164 valence electrons. The summed E-state index contributed by atoms with van der Waals surface area (Å²) in [4.78, 5) is 36.5. The number of benzene rings is 3. The molecule has 0 unspecified atom stereocenters. The van der Waals surface area contributed by atoms with Crippen LogP contribution in [0, 0.1) is 6.92 Å². The fourth-order valence-electron chi connectivity index (χ4n) is 2.81. The van der Waals surface area contributed by atoms with E-state index in [1.807, 2.05) is 0 Å². The fourth-order valence-corrected chi connectivity index (χ4v) is 2.81. The van der Waals surface area contributed by atoms with Gasteiger partial charge in [0.15, 0.2) is 6.61 Å². The zero-order chi connectivity index (χ0) is 23.1. The molecule has 8 nitrogen and oxygen atoms in total. The molecular weight excluding hydrogens is 412 g/mol. The van der Waals surface area contributed by atoms with Gasteiger partial charge in [-0.25, -0.2) is 4.79 Å². The second-order valence-electron chi connectivity index (χ2n) is 6.86. The van der Waals surface area contributed by atoms with Crippen LogP contribution in [0.4, 0.5) is 11.4 Å². The number of aromatic hydroxyl groups is 1. The molecule has 3 rings (SSSR count). The number of hydrogen-bond acceptors (Lipinski definition) is 6. The van der Waals surface area contributed by atoms with Gasteiger partial charge in [-0.3, -0.25) is 9.59 Å². The minimum absolute atomic E-state index is 0.00924. The summed E-state index contributed by atoms with van der Waals surface area (Å²) in [6.45, 7) is 1.13. The Labute approximate surface area is 184 Å². The van der Waals surface area contributed by atoms with Gasteiger partial charge in [0.05, 0.1) is 7.11 Å². The van der Waals surface area contributed by atoms with Gasteiger partial charge in [-0.2, -0.15) is 0 Å². The number of methoxy groups -OCH3 is 1. The topological polar surface area (TPSA) is 114 Å². The highest BCUT2D eigenvalue weighted by Crippen LogP contribution is 2.22. The van der Waals surface area contributed by atoms with Crippen LogP contribution in [0.3, 0.4) is 0 Å². The zero-order valence-corrected chi connectivity index (χ0v) is 17.5. The van der Waals surface area contributed by atoms with E-state index in [9.17, 15) is 19.5 Å². The highest BCUT2D eigenvalue weighted by atomic mass is 16.5. The van der Waals surface area contributed by atoms with E-state index in [1.165, 1.54) is 6.07 Å². The van der Waals surface area contributed by atoms with Crippen molar-refractivity contribution in [3.63, 3.8) is 0 Å². The maximum atomic E-state index is 12.4. The SMILES string of the molecule is COc1ccc(NC(=O)c2ccc(NC(=O)COC(=O)c3cccc(C)c3O)cc2)cc1. The number of hydrogen-bond donors (Lipinski definition) is 3. The summed E-state index contributed by atoms with van der Waals surface area (Å²) in [7, 11) is 1.56. The largest absolute Gasteiger partial charge is 0.507 e. The quantitative estimate of drug-likeness (QED) is 0.488. The molecule has 8 heteroatoms. The molecule has 32 heavy (non-hydrogen) atoms. The number of phenolic OH excluding ortho intramolecular Hbond substituents is 1. The second-order valence-corrected chi connectivity index (χ2v) is 6.86. The molecule has 0 aliphatic rings. The van der Waals surface area contributed by atoms with Gasteiger partial charge in [-0.1, -0.05) is 12.1 Å². The molecule has 3 aromatic rings. The van der Waals surface area contributed by atoms with Crippen LogP contribution < -0.4 is 15.4 Å². The molecule has 0 heterocycles. The first kappa shape index (κ1) is 22.4. The van der Waals surface area contributed by atoms with Gasteiger partial charge < -0.3 is 25.2 Å². The van der Waals surface area contributed by atoms with Gasteiger partial charge in [0.2, 0.25) is 0 Å². The maximum Gasteiger partial charge on any atom is 0.342 e. The molecule has 0 spiro atoms. The van der Waals surface area contributed by atoms with Gasteiger partial charge in [-0.05, 0) is 67.1 Å². The summed E-state index contributed by atoms with van der Waals surface area (Å²) >= 11 is 0. The minimum atomic E-state index is -0.799. The summed E-state index contributed by atoms with van der Waals surface area (Å²) in [6, 6.07) is 17.9. The number of para-hydroxylation sites is 1. The van der Waals surface area contributed by atoms with Crippen molar-refractivity contribution in [1.82, 2.24) is 0 Å². The van der Waals surface area contributed by atoms with Gasteiger partial charge in [0.25, 0.3) is 11.8 Å². The third-order valence-electron chi connectivity index (χ3n) is 4.57. The highest BCUT2D eigenvalue weighted by Gasteiger charge is 2.15. The van der Waals surface area contributed by atoms with E-state index in [1.54, 1.807) is 74.7 Å². The third-order valence-corrected chi connectivity index (χ3v) is 4.57. The molecule has 0 atom stereocenters. The van der Waals surface area contributed by atoms with E-state index in [2.05, 4.69) is 10.6 Å². The first-order valence-corrected chi connectivity index (χ1v) is 9.68. The van der Waals surface area contributed by atoms with E-state index in [4.69, 9.17) is 9.47 Å². The standard InChI is InChI=1S/C24H22N2O6/c1-15-4-3-5-20(22(15)28)24(30)32-14-21(27)25-17-8-6-16(7-9-17)23(29)26-18-10-12-19(31-2)13-11-18/h3-13,28H,14H2,1-2H3,(H,25,27)(H,26,29). The number of rotatable bonds is 7. The molecule has 0 aliphatic carbocycles. The minimum Gasteiger partial charge on any atom is -0.507 e. The predicted molar refractivity (Wildman–Crippen MR) is 119 cm³/mol. The molecule has 0 saturated carbocycles. The monoisotopic (exact) mass is 434 g/mol. The number of anilines is 2. The lowest BCUT2D eigenvalue weighted by Crippen LogP contribution is -2.21. The van der Waals surface area contributed by atoms with Crippen LogP contribution >= 0.6 is 0 Å². The molecule has 0 bridgehead atoms. The number of nitrogens with one attached hydrogen (secondary N) is 2. The smallest absolute Gasteiger partial charge is 0.342 e. The number of aryl methyl sites for hydroxylation is 1. The molecule has 0 aliphatic heterocycles. The number of amides is 2. The van der Waals surface area contributed by atoms with Crippen LogP contribution in [0.1, 0.15) is 26.3 Å². The molecule has 0 aromatic heterocycles. The summed E-state index contributed by atoms with van der Waals surface area (Å²) in [5, 5.41) is 15.3. The van der Waals surface area contributed by atoms with Crippen LogP contribution in [-0.4, -0.2) is 36.6 Å². The summed E-state index contributed by atoms with van der Waals surface area (Å²) in [5.41, 5.74) is 1.98. The Morgan fingerprint density at radius 3 is 2.16 bits per heavy atom. The summed E-state index contributed by atoms with van der Waals surface area (Å²) < 4.78 is 10.0. The molecule has 2 amide bonds. The van der Waals surface area contributed by atoms with E-state index in [0.29, 0.717) is 28.3 Å². The first-order chi connectivity index (χ1) is 15.4. The highest BCUT2D eigenvalue weighted by molar-refractivity contribution is 6.04. The third kappa shape index (κ3) is 5.63. The van der Waals surface area contributed by atoms with Crippen molar-refractivity contribution in [3.05, 3.63) is 83.4 Å². The van der Waals surface area contributed by atoms with Crippen molar-refractivity contribution in [2.75, 3.05) is 24.4 Å². The molecule has 3 N–H and O–H groups in total. The fraction of sp³-hybridized carbons (Fsp3) is 0.125. The lowest BCUT2D eigenvalue weighted by atomic mass is 10.1. The van der Waals surface area contributed by atoms with Crippen LogP contribution in [0.5, 0.6) is 11.5 Å². The Bertz CT molecular complexity index is 1120. The van der Waals surface area contributed by atoms with Crippen molar-refractivity contribution in [1.29, 1.82) is 0 Å².